The van der Waals surface area contributed by atoms with Gasteiger partial charge in [0.1, 0.15) is 11.5 Å². The molecule has 0 amide bonds. The fourth-order valence-corrected chi connectivity index (χ4v) is 0.881. The predicted octanol–water partition coefficient (Wildman–Crippen LogP) is 2.13. The van der Waals surface area contributed by atoms with Gasteiger partial charge in [0, 0.05) is 99.8 Å². The zero-order valence-corrected chi connectivity index (χ0v) is 17.0. The minimum atomic E-state index is 0. The maximum Gasteiger partial charge on any atom is 0.126 e. The minimum absolute atomic E-state index is 0. The van der Waals surface area contributed by atoms with Crippen molar-refractivity contribution >= 4 is 5.57 Å². The number of aromatic hydroxyl groups is 2. The Hall–Kier alpha value is 1.44. The third-order valence-corrected chi connectivity index (χ3v) is 1.44. The largest absolute Gasteiger partial charge is 0.508 e. The maximum atomic E-state index is 9.24. The molecule has 0 saturated carbocycles. The van der Waals surface area contributed by atoms with Crippen molar-refractivity contribution in [2.45, 2.75) is 6.92 Å². The average Bonchev–Trinajstić information content (AvgIpc) is 1.85. The van der Waals surface area contributed by atoms with Crippen molar-refractivity contribution < 1.29 is 98.3 Å². The Kier molecular flexibility index (Phi) is 9.98. The molecule has 0 heterocycles. The Morgan fingerprint density at radius 3 is 2.15 bits per heavy atom. The summed E-state index contributed by atoms with van der Waals surface area (Å²) >= 11 is 0. The fraction of sp³-hybridized carbons (Fsp3) is 0.111. The zero-order chi connectivity index (χ0) is 8.43. The van der Waals surface area contributed by atoms with Gasteiger partial charge in [0.05, 0.1) is 0 Å². The standard InChI is InChI=1S/C9H10O2.2Ac/c1-6(2)8-4-3-7(10)5-9(8)11;;/h3-5,10-11H,1H2,2H3;;. The summed E-state index contributed by atoms with van der Waals surface area (Å²) in [5.41, 5.74) is 1.45. The van der Waals surface area contributed by atoms with Gasteiger partial charge >= 0.3 is 0 Å². The van der Waals surface area contributed by atoms with Crippen LogP contribution in [0.25, 0.3) is 5.57 Å². The van der Waals surface area contributed by atoms with Gasteiger partial charge in [-0.1, -0.05) is 6.58 Å². The molecule has 0 aromatic heterocycles. The van der Waals surface area contributed by atoms with Crippen LogP contribution in [0.2, 0.25) is 0 Å². The van der Waals surface area contributed by atoms with Crippen molar-refractivity contribution in [3.05, 3.63) is 30.3 Å². The first-order valence-corrected chi connectivity index (χ1v) is 3.29. The number of phenols is 2. The van der Waals surface area contributed by atoms with Gasteiger partial charge in [-0.15, -0.1) is 0 Å². The Balaban J connectivity index is 0. The molecule has 2 radical (unpaired) electrons. The van der Waals surface area contributed by atoms with Crippen molar-refractivity contribution in [2.75, 3.05) is 0 Å². The van der Waals surface area contributed by atoms with E-state index in [0.29, 0.717) is 5.56 Å². The molecule has 0 unspecified atom stereocenters. The van der Waals surface area contributed by atoms with E-state index in [1.165, 1.54) is 12.1 Å². The summed E-state index contributed by atoms with van der Waals surface area (Å²) in [7, 11) is 0. The van der Waals surface area contributed by atoms with Crippen molar-refractivity contribution in [3.8, 4) is 11.5 Å². The predicted molar refractivity (Wildman–Crippen MR) is 44.5 cm³/mol. The number of hydrogen-bond acceptors (Lipinski definition) is 2. The SMILES string of the molecule is C=C(C)c1ccc(O)cc1O.[Ac].[Ac]. The third-order valence-electron chi connectivity index (χ3n) is 1.44. The van der Waals surface area contributed by atoms with Gasteiger partial charge in [-0.25, -0.2) is 0 Å². The van der Waals surface area contributed by atoms with Crippen molar-refractivity contribution in [1.82, 2.24) is 0 Å². The molecule has 4 heteroatoms. The Morgan fingerprint density at radius 2 is 1.77 bits per heavy atom. The summed E-state index contributed by atoms with van der Waals surface area (Å²) < 4.78 is 0. The van der Waals surface area contributed by atoms with Gasteiger partial charge in [-0.2, -0.15) is 0 Å². The van der Waals surface area contributed by atoms with Crippen molar-refractivity contribution in [1.29, 1.82) is 0 Å². The van der Waals surface area contributed by atoms with Gasteiger partial charge in [0.15, 0.2) is 0 Å². The molecular weight excluding hydrogens is 594 g/mol. The van der Waals surface area contributed by atoms with Crippen LogP contribution in [0, 0.1) is 88.1 Å². The molecule has 0 bridgehead atoms. The van der Waals surface area contributed by atoms with Crippen LogP contribution >= 0.6 is 0 Å². The monoisotopic (exact) mass is 604 g/mol. The Labute approximate surface area is 150 Å². The maximum absolute atomic E-state index is 9.24. The molecule has 1 aromatic carbocycles. The van der Waals surface area contributed by atoms with Crippen molar-refractivity contribution in [2.24, 2.45) is 0 Å². The smallest absolute Gasteiger partial charge is 0.126 e. The molecule has 2 nitrogen and oxygen atoms in total. The van der Waals surface area contributed by atoms with E-state index in [4.69, 9.17) is 5.11 Å². The van der Waals surface area contributed by atoms with E-state index in [9.17, 15) is 5.11 Å². The summed E-state index contributed by atoms with van der Waals surface area (Å²) in [6.45, 7) is 5.47. The van der Waals surface area contributed by atoms with Gasteiger partial charge in [-0.3, -0.25) is 0 Å². The molecule has 0 aliphatic heterocycles. The summed E-state index contributed by atoms with van der Waals surface area (Å²) in [6, 6.07) is 4.45. The van der Waals surface area contributed by atoms with E-state index < -0.39 is 0 Å². The molecule has 1 aromatic rings. The summed E-state index contributed by atoms with van der Waals surface area (Å²) in [5, 5.41) is 18.2. The van der Waals surface area contributed by atoms with Gasteiger partial charge in [0.2, 0.25) is 0 Å². The molecule has 2 N–H and O–H groups in total. The first kappa shape index (κ1) is 16.9. The molecule has 13 heavy (non-hydrogen) atoms. The molecule has 0 atom stereocenters. The first-order valence-electron chi connectivity index (χ1n) is 3.29. The van der Waals surface area contributed by atoms with E-state index in [-0.39, 0.29) is 99.6 Å². The zero-order valence-electron chi connectivity index (χ0n) is 7.49. The molecule has 0 aliphatic carbocycles. The van der Waals surface area contributed by atoms with Crippen molar-refractivity contribution in [3.63, 3.8) is 0 Å². The number of allylic oxidation sites excluding steroid dienone is 1. The van der Waals surface area contributed by atoms with E-state index in [1.54, 1.807) is 13.0 Å². The van der Waals surface area contributed by atoms with Crippen LogP contribution < -0.4 is 0 Å². The van der Waals surface area contributed by atoms with Crippen LogP contribution in [0.3, 0.4) is 0 Å². The number of hydrogen-bond donors (Lipinski definition) is 2. The Bertz CT molecular complexity index is 298. The van der Waals surface area contributed by atoms with E-state index >= 15 is 0 Å². The molecule has 1 rings (SSSR count). The van der Waals surface area contributed by atoms with Gasteiger partial charge < -0.3 is 10.2 Å². The molecule has 0 fully saturated rings. The minimum Gasteiger partial charge on any atom is -0.508 e. The van der Waals surface area contributed by atoms with E-state index in [0.717, 1.165) is 5.57 Å². The summed E-state index contributed by atoms with van der Waals surface area (Å²) in [5.74, 6) is 0.130. The van der Waals surface area contributed by atoms with Crippen LogP contribution in [0.1, 0.15) is 12.5 Å². The quantitative estimate of drug-likeness (QED) is 0.517. The van der Waals surface area contributed by atoms with Crippen LogP contribution in [0.4, 0.5) is 0 Å². The fourth-order valence-electron chi connectivity index (χ4n) is 0.881. The molecule has 0 spiro atoms. The van der Waals surface area contributed by atoms with E-state index in [1.807, 2.05) is 0 Å². The van der Waals surface area contributed by atoms with Gasteiger partial charge in [-0.05, 0) is 24.6 Å². The molecular formula is C9H10Ac2O2. The van der Waals surface area contributed by atoms with Crippen LogP contribution in [-0.4, -0.2) is 10.2 Å². The number of benzene rings is 1. The first-order chi connectivity index (χ1) is 5.11. The second kappa shape index (κ2) is 7.70. The topological polar surface area (TPSA) is 40.5 Å². The average molecular weight is 604 g/mol. The van der Waals surface area contributed by atoms with Crippen LogP contribution in [-0.2, 0) is 0 Å². The Morgan fingerprint density at radius 1 is 1.23 bits per heavy atom. The number of phenolic OH excluding ortho intramolecular Hbond substituents is 2. The molecule has 0 saturated heterocycles. The number of rotatable bonds is 1. The second-order valence-electron chi connectivity index (χ2n) is 2.48. The summed E-state index contributed by atoms with van der Waals surface area (Å²) in [4.78, 5) is 0. The van der Waals surface area contributed by atoms with Crippen LogP contribution in [0.5, 0.6) is 11.5 Å². The molecule has 64 valence electrons. The second-order valence-corrected chi connectivity index (χ2v) is 2.48. The summed E-state index contributed by atoms with van der Waals surface area (Å²) in [6.07, 6.45) is 0. The van der Waals surface area contributed by atoms with E-state index in [2.05, 4.69) is 6.58 Å². The normalized spacial score (nSPS) is 8.08. The molecule has 0 aliphatic rings. The third kappa shape index (κ3) is 5.18. The van der Waals surface area contributed by atoms with Crippen LogP contribution in [0.15, 0.2) is 24.8 Å². The van der Waals surface area contributed by atoms with Gasteiger partial charge in [0.25, 0.3) is 0 Å².